The van der Waals surface area contributed by atoms with E-state index in [0.717, 1.165) is 5.56 Å². The summed E-state index contributed by atoms with van der Waals surface area (Å²) in [6.45, 7) is 15.9. The molecule has 3 nitrogen and oxygen atoms in total. The Balaban J connectivity index is 2.93. The Morgan fingerprint density at radius 1 is 1.10 bits per heavy atom. The Morgan fingerprint density at radius 3 is 2.15 bits per heavy atom. The molecule has 1 heterocycles. The van der Waals surface area contributed by atoms with E-state index in [0.29, 0.717) is 16.9 Å². The molecule has 0 aliphatic carbocycles. The molecule has 0 N–H and O–H groups in total. The van der Waals surface area contributed by atoms with E-state index in [4.69, 9.17) is 27.6 Å². The summed E-state index contributed by atoms with van der Waals surface area (Å²) in [5, 5.41) is 8.55. The normalized spacial score (nSPS) is 13.7. The van der Waals surface area contributed by atoms with Crippen molar-refractivity contribution in [3.05, 3.63) is 21.9 Å². The van der Waals surface area contributed by atoms with Crippen LogP contribution < -0.4 is 0 Å². The van der Waals surface area contributed by atoms with Crippen molar-refractivity contribution < 1.29 is 4.43 Å². The second kappa shape index (κ2) is 5.91. The van der Waals surface area contributed by atoms with Crippen molar-refractivity contribution >= 4 is 31.5 Å². The van der Waals surface area contributed by atoms with Gasteiger partial charge >= 0.3 is 0 Å². The smallest absolute Gasteiger partial charge is 0.192 e. The van der Waals surface area contributed by atoms with Crippen molar-refractivity contribution in [1.29, 1.82) is 0 Å². The maximum absolute atomic E-state index is 6.30. The molecule has 0 saturated carbocycles. The van der Waals surface area contributed by atoms with Crippen LogP contribution in [0.1, 0.15) is 40.2 Å². The minimum Gasteiger partial charge on any atom is -0.416 e. The highest BCUT2D eigenvalue weighted by atomic mass is 35.5. The van der Waals surface area contributed by atoms with E-state index in [1.165, 1.54) is 0 Å². The van der Waals surface area contributed by atoms with Gasteiger partial charge in [-0.25, -0.2) is 0 Å². The van der Waals surface area contributed by atoms with Crippen LogP contribution in [0.2, 0.25) is 28.4 Å². The summed E-state index contributed by atoms with van der Waals surface area (Å²) in [5.74, 6) is 0. The van der Waals surface area contributed by atoms with Crippen LogP contribution in [0.5, 0.6) is 0 Å². The van der Waals surface area contributed by atoms with E-state index < -0.39 is 8.32 Å². The minimum atomic E-state index is -1.79. The molecule has 0 radical (unpaired) electrons. The van der Waals surface area contributed by atoms with Crippen molar-refractivity contribution in [3.63, 3.8) is 0 Å². The minimum absolute atomic E-state index is 0.182. The fourth-order valence-corrected chi connectivity index (χ4v) is 3.13. The molecule has 0 aliphatic heterocycles. The maximum atomic E-state index is 6.30. The molecule has 20 heavy (non-hydrogen) atoms. The van der Waals surface area contributed by atoms with Gasteiger partial charge in [-0.15, -0.1) is 10.2 Å². The molecular weight excluding hydrogens is 311 g/mol. The molecule has 0 aliphatic rings. The summed E-state index contributed by atoms with van der Waals surface area (Å²) in [7, 11) is -1.79. The SMILES string of the molecule is CC(C)(CO[Si](C)(C)C(C)(C)C)c1cc(Cl)nnc1Cl. The summed E-state index contributed by atoms with van der Waals surface area (Å²) in [6.07, 6.45) is 0. The zero-order valence-electron chi connectivity index (χ0n) is 13.3. The van der Waals surface area contributed by atoms with Gasteiger partial charge < -0.3 is 4.43 Å². The van der Waals surface area contributed by atoms with Crippen LogP contribution in [0, 0.1) is 0 Å². The molecule has 0 amide bonds. The first kappa shape index (κ1) is 17.9. The predicted molar refractivity (Wildman–Crippen MR) is 88.2 cm³/mol. The fraction of sp³-hybridized carbons (Fsp3) is 0.714. The molecular formula is C14H24Cl2N2OSi. The Hall–Kier alpha value is -0.163. The number of rotatable bonds is 4. The Bertz CT molecular complexity index is 485. The highest BCUT2D eigenvalue weighted by molar-refractivity contribution is 6.74. The van der Waals surface area contributed by atoms with Gasteiger partial charge in [0.2, 0.25) is 0 Å². The van der Waals surface area contributed by atoms with Crippen LogP contribution in [-0.2, 0) is 9.84 Å². The van der Waals surface area contributed by atoms with E-state index in [1.54, 1.807) is 6.07 Å². The number of hydrogen-bond donors (Lipinski definition) is 0. The summed E-state index contributed by atoms with van der Waals surface area (Å²) >= 11 is 12.1. The predicted octanol–water partition coefficient (Wildman–Crippen LogP) is 5.08. The topological polar surface area (TPSA) is 35.0 Å². The summed E-state index contributed by atoms with van der Waals surface area (Å²) in [5.41, 5.74) is 0.615. The van der Waals surface area contributed by atoms with Crippen molar-refractivity contribution in [2.24, 2.45) is 0 Å². The first-order valence-electron chi connectivity index (χ1n) is 6.70. The zero-order chi connectivity index (χ0) is 15.8. The molecule has 6 heteroatoms. The summed E-state index contributed by atoms with van der Waals surface area (Å²) < 4.78 is 6.30. The molecule has 0 saturated heterocycles. The van der Waals surface area contributed by atoms with Gasteiger partial charge in [-0.3, -0.25) is 0 Å². The van der Waals surface area contributed by atoms with Gasteiger partial charge in [-0.1, -0.05) is 57.8 Å². The van der Waals surface area contributed by atoms with Crippen LogP contribution >= 0.6 is 23.2 Å². The largest absolute Gasteiger partial charge is 0.416 e. The van der Waals surface area contributed by atoms with E-state index in [1.807, 2.05) is 0 Å². The van der Waals surface area contributed by atoms with Crippen LogP contribution in [0.4, 0.5) is 0 Å². The number of aromatic nitrogens is 2. The quantitative estimate of drug-likeness (QED) is 0.720. The Labute approximate surface area is 133 Å². The molecule has 1 aromatic heterocycles. The monoisotopic (exact) mass is 334 g/mol. The Morgan fingerprint density at radius 2 is 1.65 bits per heavy atom. The van der Waals surface area contributed by atoms with Gasteiger partial charge in [0.1, 0.15) is 0 Å². The Kier molecular flexibility index (Phi) is 5.29. The maximum Gasteiger partial charge on any atom is 0.192 e. The van der Waals surface area contributed by atoms with Crippen LogP contribution in [-0.4, -0.2) is 25.1 Å². The second-order valence-corrected chi connectivity index (χ2v) is 12.9. The number of hydrogen-bond acceptors (Lipinski definition) is 3. The average Bonchev–Trinajstić information content (AvgIpc) is 2.28. The summed E-state index contributed by atoms with van der Waals surface area (Å²) in [4.78, 5) is 0. The third-order valence-corrected chi connectivity index (χ3v) is 8.99. The van der Waals surface area contributed by atoms with E-state index in [2.05, 4.69) is 57.9 Å². The average molecular weight is 335 g/mol. The van der Waals surface area contributed by atoms with Gasteiger partial charge in [-0.2, -0.15) is 0 Å². The second-order valence-electron chi connectivity index (χ2n) is 7.30. The molecule has 0 spiro atoms. The summed E-state index contributed by atoms with van der Waals surface area (Å²) in [6, 6.07) is 1.77. The molecule has 0 aromatic carbocycles. The lowest BCUT2D eigenvalue weighted by Gasteiger charge is -2.39. The third-order valence-electron chi connectivity index (χ3n) is 4.05. The molecule has 0 unspecified atom stereocenters. The molecule has 1 rings (SSSR count). The number of nitrogens with zero attached hydrogens (tertiary/aromatic N) is 2. The third kappa shape index (κ3) is 4.17. The number of halogens is 2. The lowest BCUT2D eigenvalue weighted by molar-refractivity contribution is 0.220. The lowest BCUT2D eigenvalue weighted by Crippen LogP contribution is -2.44. The van der Waals surface area contributed by atoms with E-state index >= 15 is 0 Å². The van der Waals surface area contributed by atoms with Crippen molar-refractivity contribution in [2.75, 3.05) is 6.61 Å². The molecule has 0 atom stereocenters. The molecule has 0 fully saturated rings. The highest BCUT2D eigenvalue weighted by Crippen LogP contribution is 2.38. The van der Waals surface area contributed by atoms with Crippen LogP contribution in [0.15, 0.2) is 6.07 Å². The van der Waals surface area contributed by atoms with E-state index in [9.17, 15) is 0 Å². The zero-order valence-corrected chi connectivity index (χ0v) is 15.9. The van der Waals surface area contributed by atoms with Gasteiger partial charge in [0.05, 0.1) is 0 Å². The standard InChI is InChI=1S/C14H24Cl2N2OSi/c1-13(2,3)20(6,7)19-9-14(4,5)10-8-11(15)17-18-12(10)16/h8H,9H2,1-7H3. The lowest BCUT2D eigenvalue weighted by atomic mass is 9.87. The van der Waals surface area contributed by atoms with Crippen molar-refractivity contribution in [2.45, 2.75) is 58.2 Å². The first-order valence-corrected chi connectivity index (χ1v) is 10.4. The molecule has 114 valence electrons. The van der Waals surface area contributed by atoms with Gasteiger partial charge in [0.15, 0.2) is 18.6 Å². The van der Waals surface area contributed by atoms with Crippen molar-refractivity contribution in [3.8, 4) is 0 Å². The van der Waals surface area contributed by atoms with Crippen LogP contribution in [0.25, 0.3) is 0 Å². The van der Waals surface area contributed by atoms with Gasteiger partial charge in [0, 0.05) is 17.6 Å². The fourth-order valence-electron chi connectivity index (χ4n) is 1.48. The molecule has 0 bridgehead atoms. The highest BCUT2D eigenvalue weighted by Gasteiger charge is 2.39. The van der Waals surface area contributed by atoms with Gasteiger partial charge in [0.25, 0.3) is 0 Å². The molecule has 1 aromatic rings. The van der Waals surface area contributed by atoms with Crippen molar-refractivity contribution in [1.82, 2.24) is 10.2 Å². The van der Waals surface area contributed by atoms with Gasteiger partial charge in [-0.05, 0) is 24.2 Å². The first-order chi connectivity index (χ1) is 8.87. The van der Waals surface area contributed by atoms with E-state index in [-0.39, 0.29) is 10.5 Å². The van der Waals surface area contributed by atoms with Crippen LogP contribution in [0.3, 0.4) is 0 Å².